The lowest BCUT2D eigenvalue weighted by atomic mass is 9.95. The minimum atomic E-state index is -0.507. The van der Waals surface area contributed by atoms with Gasteiger partial charge in [0, 0.05) is 11.8 Å². The lowest BCUT2D eigenvalue weighted by Crippen LogP contribution is -2.11. The predicted molar refractivity (Wildman–Crippen MR) is 57.8 cm³/mol. The Morgan fingerprint density at radius 2 is 2.21 bits per heavy atom. The van der Waals surface area contributed by atoms with Crippen LogP contribution in [-0.2, 0) is 0 Å². The number of nitrogens with two attached hydrogens (primary N) is 1. The first kappa shape index (κ1) is 11.0. The molecule has 1 heterocycles. The molecule has 0 bridgehead atoms. The number of aryl methyl sites for hydroxylation is 1. The summed E-state index contributed by atoms with van der Waals surface area (Å²) in [5.41, 5.74) is 7.49. The van der Waals surface area contributed by atoms with Gasteiger partial charge in [-0.05, 0) is 24.5 Å². The van der Waals surface area contributed by atoms with Crippen LogP contribution in [0.3, 0.4) is 0 Å². The number of rotatable bonds is 3. The first-order valence-corrected chi connectivity index (χ1v) is 4.96. The van der Waals surface area contributed by atoms with Crippen LogP contribution < -0.4 is 5.73 Å². The second-order valence-corrected chi connectivity index (χ2v) is 3.82. The van der Waals surface area contributed by atoms with Crippen LogP contribution in [-0.4, -0.2) is 10.1 Å². The van der Waals surface area contributed by atoms with Gasteiger partial charge in [0.2, 0.25) is 0 Å². The van der Waals surface area contributed by atoms with Gasteiger partial charge >= 0.3 is 0 Å². The van der Waals surface area contributed by atoms with Gasteiger partial charge in [0.15, 0.2) is 0 Å². The Labute approximate surface area is 85.0 Å². The van der Waals surface area contributed by atoms with E-state index in [0.29, 0.717) is 5.82 Å². The maximum atomic E-state index is 9.97. The van der Waals surface area contributed by atoms with Gasteiger partial charge in [-0.1, -0.05) is 20.3 Å². The Kier molecular flexibility index (Phi) is 3.47. The third-order valence-electron chi connectivity index (χ3n) is 2.59. The van der Waals surface area contributed by atoms with Crippen molar-refractivity contribution in [2.75, 3.05) is 5.73 Å². The molecule has 0 spiro atoms. The standard InChI is InChI=1S/C11H18N2O/c1-4-8(3)10(14)9-5-7(2)6-13-11(9)12/h5-6,8,10,14H,4H2,1-3H3,(H2,12,13). The summed E-state index contributed by atoms with van der Waals surface area (Å²) in [5, 5.41) is 9.97. The Bertz CT molecular complexity index is 312. The van der Waals surface area contributed by atoms with Gasteiger partial charge < -0.3 is 10.8 Å². The topological polar surface area (TPSA) is 59.1 Å². The number of anilines is 1. The van der Waals surface area contributed by atoms with Crippen LogP contribution in [0, 0.1) is 12.8 Å². The normalized spacial score (nSPS) is 15.1. The van der Waals surface area contributed by atoms with Gasteiger partial charge in [-0.15, -0.1) is 0 Å². The summed E-state index contributed by atoms with van der Waals surface area (Å²) in [6.07, 6.45) is 2.13. The molecular formula is C11H18N2O. The van der Waals surface area contributed by atoms with Gasteiger partial charge in [0.1, 0.15) is 5.82 Å². The molecule has 1 rings (SSSR count). The van der Waals surface area contributed by atoms with E-state index in [-0.39, 0.29) is 5.92 Å². The van der Waals surface area contributed by atoms with E-state index in [1.54, 1.807) is 6.20 Å². The molecule has 78 valence electrons. The third-order valence-corrected chi connectivity index (χ3v) is 2.59. The zero-order chi connectivity index (χ0) is 10.7. The van der Waals surface area contributed by atoms with Crippen molar-refractivity contribution in [3.8, 4) is 0 Å². The van der Waals surface area contributed by atoms with Crippen molar-refractivity contribution in [1.82, 2.24) is 4.98 Å². The van der Waals surface area contributed by atoms with Crippen molar-refractivity contribution in [3.63, 3.8) is 0 Å². The van der Waals surface area contributed by atoms with Crippen molar-refractivity contribution in [1.29, 1.82) is 0 Å². The number of aromatic nitrogens is 1. The zero-order valence-electron chi connectivity index (χ0n) is 8.99. The van der Waals surface area contributed by atoms with Gasteiger partial charge in [-0.2, -0.15) is 0 Å². The Hall–Kier alpha value is -1.09. The fourth-order valence-electron chi connectivity index (χ4n) is 1.37. The number of hydrogen-bond donors (Lipinski definition) is 2. The fourth-order valence-corrected chi connectivity index (χ4v) is 1.37. The molecule has 0 aliphatic rings. The van der Waals surface area contributed by atoms with E-state index in [1.165, 1.54) is 0 Å². The summed E-state index contributed by atoms with van der Waals surface area (Å²) in [5.74, 6) is 0.643. The molecule has 2 unspecified atom stereocenters. The third kappa shape index (κ3) is 2.23. The highest BCUT2D eigenvalue weighted by Crippen LogP contribution is 2.27. The SMILES string of the molecule is CCC(C)C(O)c1cc(C)cnc1N. The Morgan fingerprint density at radius 1 is 1.57 bits per heavy atom. The molecule has 3 nitrogen and oxygen atoms in total. The van der Waals surface area contributed by atoms with Crippen LogP contribution in [0.1, 0.15) is 37.5 Å². The predicted octanol–water partition coefficient (Wildman–Crippen LogP) is 2.05. The minimum Gasteiger partial charge on any atom is -0.388 e. The smallest absolute Gasteiger partial charge is 0.129 e. The van der Waals surface area contributed by atoms with Crippen molar-refractivity contribution < 1.29 is 5.11 Å². The molecule has 0 aliphatic carbocycles. The molecule has 2 atom stereocenters. The first-order valence-electron chi connectivity index (χ1n) is 4.96. The lowest BCUT2D eigenvalue weighted by Gasteiger charge is -2.18. The molecular weight excluding hydrogens is 176 g/mol. The fraction of sp³-hybridized carbons (Fsp3) is 0.545. The van der Waals surface area contributed by atoms with E-state index in [2.05, 4.69) is 4.98 Å². The highest BCUT2D eigenvalue weighted by molar-refractivity contribution is 5.42. The van der Waals surface area contributed by atoms with Gasteiger partial charge in [0.25, 0.3) is 0 Å². The maximum Gasteiger partial charge on any atom is 0.129 e. The lowest BCUT2D eigenvalue weighted by molar-refractivity contribution is 0.116. The molecule has 0 aromatic carbocycles. The minimum absolute atomic E-state index is 0.209. The molecule has 0 fully saturated rings. The number of hydrogen-bond acceptors (Lipinski definition) is 3. The van der Waals surface area contributed by atoms with Crippen LogP contribution in [0.2, 0.25) is 0 Å². The summed E-state index contributed by atoms with van der Waals surface area (Å²) >= 11 is 0. The van der Waals surface area contributed by atoms with E-state index < -0.39 is 6.10 Å². The van der Waals surface area contributed by atoms with Crippen molar-refractivity contribution >= 4 is 5.82 Å². The van der Waals surface area contributed by atoms with Gasteiger partial charge in [-0.25, -0.2) is 4.98 Å². The summed E-state index contributed by atoms with van der Waals surface area (Å²) < 4.78 is 0. The molecule has 0 amide bonds. The molecule has 1 aromatic heterocycles. The highest BCUT2D eigenvalue weighted by Gasteiger charge is 2.17. The van der Waals surface area contributed by atoms with Crippen molar-refractivity contribution in [2.24, 2.45) is 5.92 Å². The molecule has 0 aliphatic heterocycles. The van der Waals surface area contributed by atoms with E-state index >= 15 is 0 Å². The first-order chi connectivity index (χ1) is 6.56. The van der Waals surface area contributed by atoms with Gasteiger partial charge in [0.05, 0.1) is 6.10 Å². The van der Waals surface area contributed by atoms with Crippen molar-refractivity contribution in [3.05, 3.63) is 23.4 Å². The van der Waals surface area contributed by atoms with E-state index in [1.807, 2.05) is 26.8 Å². The molecule has 0 saturated heterocycles. The van der Waals surface area contributed by atoms with Crippen LogP contribution in [0.5, 0.6) is 0 Å². The van der Waals surface area contributed by atoms with E-state index in [0.717, 1.165) is 17.5 Å². The van der Waals surface area contributed by atoms with Crippen LogP contribution >= 0.6 is 0 Å². The highest BCUT2D eigenvalue weighted by atomic mass is 16.3. The number of nitrogen functional groups attached to an aromatic ring is 1. The summed E-state index contributed by atoms with van der Waals surface area (Å²) in [6.45, 7) is 6.00. The molecule has 3 N–H and O–H groups in total. The van der Waals surface area contributed by atoms with Crippen LogP contribution in [0.15, 0.2) is 12.3 Å². The summed E-state index contributed by atoms with van der Waals surface area (Å²) in [4.78, 5) is 4.03. The van der Waals surface area contributed by atoms with E-state index in [4.69, 9.17) is 5.73 Å². The number of aliphatic hydroxyl groups is 1. The van der Waals surface area contributed by atoms with Crippen LogP contribution in [0.25, 0.3) is 0 Å². The largest absolute Gasteiger partial charge is 0.388 e. The summed E-state index contributed by atoms with van der Waals surface area (Å²) in [6, 6.07) is 1.90. The average Bonchev–Trinajstić information content (AvgIpc) is 2.19. The maximum absolute atomic E-state index is 9.97. The molecule has 0 radical (unpaired) electrons. The second-order valence-electron chi connectivity index (χ2n) is 3.82. The molecule has 14 heavy (non-hydrogen) atoms. The number of nitrogens with zero attached hydrogens (tertiary/aromatic N) is 1. The van der Waals surface area contributed by atoms with E-state index in [9.17, 15) is 5.11 Å². The second kappa shape index (κ2) is 4.42. The van der Waals surface area contributed by atoms with Crippen molar-refractivity contribution in [2.45, 2.75) is 33.3 Å². The molecule has 1 aromatic rings. The van der Waals surface area contributed by atoms with Gasteiger partial charge in [-0.3, -0.25) is 0 Å². The number of pyridine rings is 1. The Morgan fingerprint density at radius 3 is 2.79 bits per heavy atom. The molecule has 0 saturated carbocycles. The quantitative estimate of drug-likeness (QED) is 0.774. The Balaban J connectivity index is 2.99. The van der Waals surface area contributed by atoms with Crippen LogP contribution in [0.4, 0.5) is 5.82 Å². The monoisotopic (exact) mass is 194 g/mol. The molecule has 3 heteroatoms. The average molecular weight is 194 g/mol. The summed E-state index contributed by atoms with van der Waals surface area (Å²) in [7, 11) is 0. The number of aliphatic hydroxyl groups excluding tert-OH is 1. The zero-order valence-corrected chi connectivity index (χ0v) is 8.99.